The molecule has 0 bridgehead atoms. The van der Waals surface area contributed by atoms with E-state index in [9.17, 15) is 43.5 Å². The highest BCUT2D eigenvalue weighted by Crippen LogP contribution is 2.23. The van der Waals surface area contributed by atoms with Crippen LogP contribution < -0.4 is 60.2 Å². The van der Waals surface area contributed by atoms with Gasteiger partial charge in [-0.15, -0.1) is 0 Å². The van der Waals surface area contributed by atoms with Gasteiger partial charge in [-0.1, -0.05) is 74.9 Å². The predicted octanol–water partition coefficient (Wildman–Crippen LogP) is 1.23. The number of carbonyl (C=O) groups is 8. The number of carboxylic acid groups (broad SMARTS) is 1. The van der Waals surface area contributed by atoms with Gasteiger partial charge in [0, 0.05) is 77.1 Å². The number of aromatic nitrogens is 3. The van der Waals surface area contributed by atoms with Gasteiger partial charge in [-0.3, -0.25) is 38.6 Å². The molecule has 3 aromatic carbocycles. The molecule has 0 aliphatic rings. The molecule has 24 heteroatoms. The number of aliphatic imine (C=N–C) groups is 1. The van der Waals surface area contributed by atoms with Crippen LogP contribution in [0.25, 0.3) is 32.7 Å². The number of H-pyrrole nitrogens is 3. The van der Waals surface area contributed by atoms with Gasteiger partial charge in [0.05, 0.1) is 6.04 Å². The highest BCUT2D eigenvalue weighted by Gasteiger charge is 2.35. The van der Waals surface area contributed by atoms with Gasteiger partial charge in [0.1, 0.15) is 42.3 Å². The summed E-state index contributed by atoms with van der Waals surface area (Å²) < 4.78 is 0. The van der Waals surface area contributed by atoms with Crippen LogP contribution in [0.5, 0.6) is 0 Å². The van der Waals surface area contributed by atoms with Crippen molar-refractivity contribution in [1.29, 1.82) is 0 Å². The fraction of sp³-hybridized carbons (Fsp3) is 0.421. The molecule has 0 fully saturated rings. The molecule has 24 nitrogen and oxygen atoms in total. The molecular weight excluding hydrogens is 1040 g/mol. The van der Waals surface area contributed by atoms with Crippen LogP contribution in [0.2, 0.25) is 0 Å². The Kier molecular flexibility index (Phi) is 22.3. The summed E-state index contributed by atoms with van der Waals surface area (Å²) in [4.78, 5) is 124. The summed E-state index contributed by atoms with van der Waals surface area (Å²) in [5.41, 5.74) is 27.2. The average molecular weight is 1120 g/mol. The molecule has 81 heavy (non-hydrogen) atoms. The van der Waals surface area contributed by atoms with Crippen LogP contribution in [-0.4, -0.2) is 135 Å². The van der Waals surface area contributed by atoms with E-state index in [0.717, 1.165) is 38.3 Å². The summed E-state index contributed by atoms with van der Waals surface area (Å²) in [6.45, 7) is 6.97. The van der Waals surface area contributed by atoms with Gasteiger partial charge < -0.3 is 80.2 Å². The number of para-hydroxylation sites is 3. The molecule has 0 radical (unpaired) electrons. The molecule has 0 aliphatic heterocycles. The lowest BCUT2D eigenvalue weighted by Crippen LogP contribution is -2.61. The van der Waals surface area contributed by atoms with E-state index in [2.05, 4.69) is 57.2 Å². The van der Waals surface area contributed by atoms with Gasteiger partial charge >= 0.3 is 5.97 Å². The second-order valence-corrected chi connectivity index (χ2v) is 20.4. The lowest BCUT2D eigenvalue weighted by molar-refractivity contribution is -0.142. The van der Waals surface area contributed by atoms with Crippen LogP contribution >= 0.6 is 0 Å². The largest absolute Gasteiger partial charge is 0.480 e. The van der Waals surface area contributed by atoms with Gasteiger partial charge in [0.15, 0.2) is 5.96 Å². The van der Waals surface area contributed by atoms with E-state index >= 15 is 0 Å². The molecule has 3 aromatic heterocycles. The minimum absolute atomic E-state index is 0.0209. The first-order chi connectivity index (χ1) is 38.8. The Bertz CT molecular complexity index is 3180. The number of hydrogen-bond acceptors (Lipinski definition) is 11. The van der Waals surface area contributed by atoms with E-state index in [0.29, 0.717) is 43.4 Å². The van der Waals surface area contributed by atoms with Crippen LogP contribution in [0.3, 0.4) is 0 Å². The van der Waals surface area contributed by atoms with Crippen molar-refractivity contribution in [3.63, 3.8) is 0 Å². The van der Waals surface area contributed by atoms with Crippen molar-refractivity contribution < 1.29 is 43.5 Å². The van der Waals surface area contributed by atoms with Crippen LogP contribution in [0.4, 0.5) is 0 Å². The first-order valence-corrected chi connectivity index (χ1v) is 27.3. The van der Waals surface area contributed by atoms with Crippen molar-refractivity contribution in [3.05, 3.63) is 108 Å². The Hall–Kier alpha value is -8.77. The summed E-state index contributed by atoms with van der Waals surface area (Å²) in [5, 5.41) is 31.3. The molecule has 0 saturated heterocycles. The van der Waals surface area contributed by atoms with Gasteiger partial charge in [0.2, 0.25) is 41.4 Å². The SMILES string of the molecule is CC[C@H](C)[C@H](NC(=O)[C@H](Cc1c[nH]c2ccccc12)NC(=O)[C@@H](N)CCCN=C(N)N)C(=O)N[C@@H](Cc1c[nH]c2ccccc12)C(=O)N[C@@H](C)C(=O)N[C@@H](C)C(=O)N[C@@H](Cc1c[nH]c2ccccc12)C(=O)N[C@@H](CCCCN)C(=O)O. The Balaban J connectivity index is 1.18. The molecule has 6 aromatic rings. The zero-order chi connectivity index (χ0) is 58.8. The maximum atomic E-state index is 14.7. The molecule has 0 unspecified atom stereocenters. The van der Waals surface area contributed by atoms with Gasteiger partial charge in [-0.05, 0) is 93.3 Å². The topological polar surface area (TPSA) is 405 Å². The van der Waals surface area contributed by atoms with Crippen molar-refractivity contribution in [2.24, 2.45) is 33.8 Å². The number of guanidine groups is 1. The normalized spacial score (nSPS) is 14.7. The first-order valence-electron chi connectivity index (χ1n) is 27.3. The number of nitrogens with two attached hydrogens (primary N) is 4. The molecule has 0 spiro atoms. The van der Waals surface area contributed by atoms with Crippen LogP contribution in [0, 0.1) is 5.92 Å². The maximum absolute atomic E-state index is 14.7. The molecule has 6 rings (SSSR count). The summed E-state index contributed by atoms with van der Waals surface area (Å²) in [7, 11) is 0. The standard InChI is InChI=1S/C57H77N15O9/c1-5-31(2)48(72-54(78)47(27-36-30-65-43-21-11-8-17-39(36)43)70-51(75)40(59)18-14-24-62-57(60)61)55(79)71-45(25-34-28-63-41-19-9-6-15-37(34)41)52(76)67-32(3)49(73)66-33(4)50(74)69-46(26-35-29-64-42-20-10-7-16-38(35)42)53(77)68-44(56(80)81)22-12-13-23-58/h6-11,15-17,19-21,28-33,40,44-48,63-65H,5,12-14,18,22-27,58-59H2,1-4H3,(H,66,73)(H,67,76)(H,68,77)(H,69,74)(H,70,75)(H,71,79)(H,72,78)(H,80,81)(H4,60,61,62)/t31-,32-,33-,40-,44-,45-,46-,47-,48-/m0/s1. The van der Waals surface area contributed by atoms with Crippen molar-refractivity contribution >= 4 is 86.0 Å². The van der Waals surface area contributed by atoms with Gasteiger partial charge in [-0.25, -0.2) is 4.79 Å². The van der Waals surface area contributed by atoms with E-state index < -0.39 is 102 Å². The molecule has 0 saturated carbocycles. The van der Waals surface area contributed by atoms with Crippen molar-refractivity contribution in [3.8, 4) is 0 Å². The van der Waals surface area contributed by atoms with Gasteiger partial charge in [-0.2, -0.15) is 0 Å². The number of nitrogens with zero attached hydrogens (tertiary/aromatic N) is 1. The molecule has 7 amide bonds. The number of unbranched alkanes of at least 4 members (excludes halogenated alkanes) is 1. The van der Waals surface area contributed by atoms with Crippen LogP contribution in [-0.2, 0) is 57.6 Å². The minimum atomic E-state index is -1.33. The summed E-state index contributed by atoms with van der Waals surface area (Å²) in [5.74, 6) is -6.94. The first kappa shape index (κ1) is 61.4. The Morgan fingerprint density at radius 1 is 0.519 bits per heavy atom. The smallest absolute Gasteiger partial charge is 0.326 e. The fourth-order valence-electron chi connectivity index (χ4n) is 9.44. The third-order valence-electron chi connectivity index (χ3n) is 14.4. The van der Waals surface area contributed by atoms with E-state index in [1.54, 1.807) is 25.5 Å². The predicted molar refractivity (Wildman–Crippen MR) is 309 cm³/mol. The van der Waals surface area contributed by atoms with Crippen molar-refractivity contribution in [2.45, 2.75) is 134 Å². The van der Waals surface area contributed by atoms with E-state index in [1.165, 1.54) is 13.8 Å². The van der Waals surface area contributed by atoms with E-state index in [1.807, 2.05) is 79.7 Å². The quantitative estimate of drug-likeness (QED) is 0.0166. The number of aromatic amines is 3. The fourth-order valence-corrected chi connectivity index (χ4v) is 9.44. The summed E-state index contributed by atoms with van der Waals surface area (Å²) in [6.07, 6.45) is 7.18. The molecular formula is C57H77N15O9. The van der Waals surface area contributed by atoms with E-state index in [-0.39, 0.29) is 44.6 Å². The zero-order valence-corrected chi connectivity index (χ0v) is 46.1. The lowest BCUT2D eigenvalue weighted by Gasteiger charge is -2.29. The Morgan fingerprint density at radius 3 is 1.38 bits per heavy atom. The Labute approximate surface area is 468 Å². The molecule has 0 aliphatic carbocycles. The van der Waals surface area contributed by atoms with Crippen molar-refractivity contribution in [2.75, 3.05) is 13.1 Å². The van der Waals surface area contributed by atoms with Crippen molar-refractivity contribution in [1.82, 2.24) is 52.2 Å². The number of amides is 7. The number of aliphatic carboxylic acids is 1. The van der Waals surface area contributed by atoms with Crippen LogP contribution in [0.1, 0.15) is 82.9 Å². The third-order valence-corrected chi connectivity index (χ3v) is 14.4. The second kappa shape index (κ2) is 29.4. The average Bonchev–Trinajstić information content (AvgIpc) is 4.40. The maximum Gasteiger partial charge on any atom is 0.326 e. The van der Waals surface area contributed by atoms with Crippen LogP contribution in [0.15, 0.2) is 96.4 Å². The number of carboxylic acids is 1. The second-order valence-electron chi connectivity index (χ2n) is 20.4. The number of hydrogen-bond donors (Lipinski definition) is 15. The number of fused-ring (bicyclic) bond motifs is 3. The molecule has 9 atom stereocenters. The monoisotopic (exact) mass is 1120 g/mol. The number of benzene rings is 3. The zero-order valence-electron chi connectivity index (χ0n) is 46.1. The van der Waals surface area contributed by atoms with Gasteiger partial charge in [0.25, 0.3) is 0 Å². The molecule has 434 valence electrons. The highest BCUT2D eigenvalue weighted by atomic mass is 16.4. The molecule has 3 heterocycles. The van der Waals surface area contributed by atoms with E-state index in [4.69, 9.17) is 22.9 Å². The number of nitrogens with one attached hydrogen (secondary N) is 10. The number of carbonyl (C=O) groups excluding carboxylic acids is 7. The summed E-state index contributed by atoms with van der Waals surface area (Å²) >= 11 is 0. The summed E-state index contributed by atoms with van der Waals surface area (Å²) in [6, 6.07) is 12.3. The minimum Gasteiger partial charge on any atom is -0.480 e. The number of rotatable bonds is 31. The lowest BCUT2D eigenvalue weighted by atomic mass is 9.96. The third kappa shape index (κ3) is 17.1. The highest BCUT2D eigenvalue weighted by molar-refractivity contribution is 5.99. The Morgan fingerprint density at radius 2 is 0.926 bits per heavy atom. The molecule has 19 N–H and O–H groups in total.